The quantitative estimate of drug-likeness (QED) is 0.599. The molecule has 0 aromatic carbocycles. The summed E-state index contributed by atoms with van der Waals surface area (Å²) in [6.45, 7) is 4.43. The molecule has 0 saturated heterocycles. The largest absolute Gasteiger partial charge is 0.392 e. The van der Waals surface area contributed by atoms with E-state index in [1.807, 2.05) is 0 Å². The Balaban J connectivity index is 2.40. The van der Waals surface area contributed by atoms with Crippen LogP contribution in [0.5, 0.6) is 0 Å². The average Bonchev–Trinajstić information content (AvgIpc) is 1.94. The van der Waals surface area contributed by atoms with Crippen LogP contribution in [0.25, 0.3) is 0 Å². The highest BCUT2D eigenvalue weighted by molar-refractivity contribution is 4.82. The van der Waals surface area contributed by atoms with E-state index in [4.69, 9.17) is 5.73 Å². The normalized spacial score (nSPS) is 39.5. The van der Waals surface area contributed by atoms with E-state index in [1.165, 1.54) is 6.42 Å². The molecular weight excluding hydrogens is 138 g/mol. The molecule has 3 N–H and O–H groups in total. The summed E-state index contributed by atoms with van der Waals surface area (Å²) in [7, 11) is 0. The third-order valence-corrected chi connectivity index (χ3v) is 2.85. The molecule has 0 amide bonds. The fraction of sp³-hybridized carbons (Fsp3) is 1.00. The summed E-state index contributed by atoms with van der Waals surface area (Å²) in [5, 5.41) is 9.47. The minimum atomic E-state index is -0.254. The topological polar surface area (TPSA) is 46.2 Å². The van der Waals surface area contributed by atoms with Gasteiger partial charge in [0.2, 0.25) is 0 Å². The Kier molecular flexibility index (Phi) is 2.90. The van der Waals surface area contributed by atoms with Crippen LogP contribution in [0.15, 0.2) is 0 Å². The molecule has 2 nitrogen and oxygen atoms in total. The average molecular weight is 157 g/mol. The second kappa shape index (κ2) is 3.55. The molecule has 2 heteroatoms. The number of rotatable bonds is 1. The van der Waals surface area contributed by atoms with Crippen LogP contribution in [0.2, 0.25) is 0 Å². The first-order valence-electron chi connectivity index (χ1n) is 4.55. The van der Waals surface area contributed by atoms with Gasteiger partial charge in [-0.15, -0.1) is 0 Å². The van der Waals surface area contributed by atoms with Crippen molar-refractivity contribution in [3.8, 4) is 0 Å². The molecule has 0 unspecified atom stereocenters. The summed E-state index contributed by atoms with van der Waals surface area (Å²) >= 11 is 0. The van der Waals surface area contributed by atoms with Gasteiger partial charge in [-0.25, -0.2) is 0 Å². The predicted octanol–water partition coefficient (Wildman–Crippen LogP) is 1.13. The van der Waals surface area contributed by atoms with Gasteiger partial charge < -0.3 is 10.8 Å². The number of aliphatic hydroxyl groups excluding tert-OH is 1. The van der Waals surface area contributed by atoms with Crippen molar-refractivity contribution < 1.29 is 5.11 Å². The molecule has 0 spiro atoms. The van der Waals surface area contributed by atoms with Crippen molar-refractivity contribution in [1.29, 1.82) is 0 Å². The van der Waals surface area contributed by atoms with Gasteiger partial charge in [0.15, 0.2) is 0 Å². The number of aliphatic hydroxyl groups is 1. The van der Waals surface area contributed by atoms with Crippen LogP contribution >= 0.6 is 0 Å². The Hall–Kier alpha value is -0.0800. The molecule has 3 atom stereocenters. The molecule has 0 radical (unpaired) electrons. The number of hydrogen-bond acceptors (Lipinski definition) is 2. The van der Waals surface area contributed by atoms with Crippen LogP contribution in [0.4, 0.5) is 0 Å². The van der Waals surface area contributed by atoms with Crippen LogP contribution in [-0.2, 0) is 0 Å². The summed E-state index contributed by atoms with van der Waals surface area (Å²) in [6, 6.07) is 0.0324. The highest BCUT2D eigenvalue weighted by Gasteiger charge is 2.27. The highest BCUT2D eigenvalue weighted by Crippen LogP contribution is 2.29. The van der Waals surface area contributed by atoms with E-state index in [2.05, 4.69) is 13.8 Å². The maximum absolute atomic E-state index is 9.47. The molecule has 1 aliphatic rings. The minimum Gasteiger partial charge on any atom is -0.392 e. The third-order valence-electron chi connectivity index (χ3n) is 2.85. The number of nitrogens with two attached hydrogens (primary N) is 1. The Labute approximate surface area is 68.8 Å². The second-order valence-electron chi connectivity index (χ2n) is 4.05. The van der Waals surface area contributed by atoms with Crippen LogP contribution in [-0.4, -0.2) is 17.3 Å². The van der Waals surface area contributed by atoms with E-state index in [-0.39, 0.29) is 12.1 Å². The van der Waals surface area contributed by atoms with E-state index in [0.717, 1.165) is 12.8 Å². The molecule has 0 aromatic heterocycles. The van der Waals surface area contributed by atoms with Crippen molar-refractivity contribution in [2.45, 2.75) is 45.3 Å². The van der Waals surface area contributed by atoms with Gasteiger partial charge in [0, 0.05) is 6.04 Å². The second-order valence-corrected chi connectivity index (χ2v) is 4.05. The fourth-order valence-corrected chi connectivity index (χ4v) is 1.81. The minimum absolute atomic E-state index is 0.0324. The van der Waals surface area contributed by atoms with E-state index in [1.54, 1.807) is 0 Å². The van der Waals surface area contributed by atoms with Gasteiger partial charge >= 0.3 is 0 Å². The molecule has 1 saturated carbocycles. The van der Waals surface area contributed by atoms with Gasteiger partial charge in [0.05, 0.1) is 6.10 Å². The molecule has 11 heavy (non-hydrogen) atoms. The monoisotopic (exact) mass is 157 g/mol. The molecule has 66 valence electrons. The van der Waals surface area contributed by atoms with Gasteiger partial charge in [-0.3, -0.25) is 0 Å². The molecule has 1 aliphatic carbocycles. The molecule has 0 bridgehead atoms. The van der Waals surface area contributed by atoms with Gasteiger partial charge in [-0.05, 0) is 31.1 Å². The first kappa shape index (κ1) is 9.01. The Morgan fingerprint density at radius 2 is 2.00 bits per heavy atom. The van der Waals surface area contributed by atoms with E-state index in [9.17, 15) is 5.11 Å². The zero-order chi connectivity index (χ0) is 8.43. The zero-order valence-corrected chi connectivity index (χ0v) is 7.46. The van der Waals surface area contributed by atoms with Crippen molar-refractivity contribution >= 4 is 0 Å². The lowest BCUT2D eigenvalue weighted by atomic mass is 9.78. The van der Waals surface area contributed by atoms with Crippen LogP contribution in [0.3, 0.4) is 0 Å². The summed E-state index contributed by atoms with van der Waals surface area (Å²) in [6.07, 6.45) is 2.83. The van der Waals surface area contributed by atoms with Crippen LogP contribution in [0, 0.1) is 11.8 Å². The molecule has 0 heterocycles. The summed E-state index contributed by atoms with van der Waals surface area (Å²) in [4.78, 5) is 0. The maximum atomic E-state index is 9.47. The first-order chi connectivity index (χ1) is 5.11. The smallest absolute Gasteiger partial charge is 0.0693 e. The predicted molar refractivity (Wildman–Crippen MR) is 46.2 cm³/mol. The van der Waals surface area contributed by atoms with Crippen molar-refractivity contribution in [2.24, 2.45) is 17.6 Å². The Bertz CT molecular complexity index is 125. The van der Waals surface area contributed by atoms with Gasteiger partial charge in [0.1, 0.15) is 0 Å². The van der Waals surface area contributed by atoms with Crippen molar-refractivity contribution in [2.75, 3.05) is 0 Å². The summed E-state index contributed by atoms with van der Waals surface area (Å²) in [5.41, 5.74) is 5.69. The first-order valence-corrected chi connectivity index (χ1v) is 4.55. The van der Waals surface area contributed by atoms with E-state index < -0.39 is 0 Å². The molecule has 1 rings (SSSR count). The van der Waals surface area contributed by atoms with E-state index >= 15 is 0 Å². The van der Waals surface area contributed by atoms with Crippen molar-refractivity contribution in [3.05, 3.63) is 0 Å². The molecule has 0 aromatic rings. The van der Waals surface area contributed by atoms with Crippen LogP contribution in [0.1, 0.15) is 33.1 Å². The standard InChI is InChI=1S/C9H19NO/c1-6(2)7-3-4-8(10)9(11)5-7/h6-9,11H,3-5,10H2,1-2H3/t7-,8-,9-/m0/s1. The zero-order valence-electron chi connectivity index (χ0n) is 7.46. The Morgan fingerprint density at radius 1 is 1.36 bits per heavy atom. The maximum Gasteiger partial charge on any atom is 0.0693 e. The van der Waals surface area contributed by atoms with Crippen molar-refractivity contribution in [3.63, 3.8) is 0 Å². The SMILES string of the molecule is CC(C)[C@H]1CC[C@H](N)[C@@H](O)C1. The van der Waals surface area contributed by atoms with Crippen LogP contribution < -0.4 is 5.73 Å². The summed E-state index contributed by atoms with van der Waals surface area (Å²) < 4.78 is 0. The van der Waals surface area contributed by atoms with E-state index in [0.29, 0.717) is 11.8 Å². The molecular formula is C9H19NO. The lowest BCUT2D eigenvalue weighted by Crippen LogP contribution is -2.41. The highest BCUT2D eigenvalue weighted by atomic mass is 16.3. The summed E-state index contributed by atoms with van der Waals surface area (Å²) in [5.74, 6) is 1.38. The van der Waals surface area contributed by atoms with Gasteiger partial charge in [-0.2, -0.15) is 0 Å². The third kappa shape index (κ3) is 2.17. The molecule has 0 aliphatic heterocycles. The Morgan fingerprint density at radius 3 is 2.45 bits per heavy atom. The molecule has 1 fully saturated rings. The van der Waals surface area contributed by atoms with Gasteiger partial charge in [-0.1, -0.05) is 13.8 Å². The lowest BCUT2D eigenvalue weighted by Gasteiger charge is -2.32. The fourth-order valence-electron chi connectivity index (χ4n) is 1.81. The van der Waals surface area contributed by atoms with Crippen molar-refractivity contribution in [1.82, 2.24) is 0 Å². The lowest BCUT2D eigenvalue weighted by molar-refractivity contribution is 0.0671. The van der Waals surface area contributed by atoms with Gasteiger partial charge in [0.25, 0.3) is 0 Å². The number of hydrogen-bond donors (Lipinski definition) is 2.